The summed E-state index contributed by atoms with van der Waals surface area (Å²) >= 11 is 8.15. The van der Waals surface area contributed by atoms with Crippen molar-refractivity contribution < 1.29 is 0 Å². The van der Waals surface area contributed by atoms with Crippen molar-refractivity contribution in [3.05, 3.63) is 33.6 Å². The summed E-state index contributed by atoms with van der Waals surface area (Å²) in [6.45, 7) is 0. The average molecular weight is 377 g/mol. The maximum atomic E-state index is 5.33. The zero-order chi connectivity index (χ0) is 12.3. The third-order valence-electron chi connectivity index (χ3n) is 1.80. The molecule has 0 saturated carbocycles. The zero-order valence-electron chi connectivity index (χ0n) is 8.39. The first-order valence-corrected chi connectivity index (χ1v) is 6.87. The maximum absolute atomic E-state index is 5.33. The van der Waals surface area contributed by atoms with Crippen LogP contribution in [0, 0.1) is 0 Å². The monoisotopic (exact) mass is 375 g/mol. The van der Waals surface area contributed by atoms with Gasteiger partial charge in [-0.3, -0.25) is 0 Å². The average Bonchev–Trinajstić information content (AvgIpc) is 2.35. The van der Waals surface area contributed by atoms with Gasteiger partial charge < -0.3 is 5.43 Å². The van der Waals surface area contributed by atoms with Crippen LogP contribution < -0.4 is 11.3 Å². The van der Waals surface area contributed by atoms with Gasteiger partial charge in [-0.2, -0.15) is 0 Å². The second-order valence-corrected chi connectivity index (χ2v) is 5.62. The number of aromatic nitrogens is 3. The lowest BCUT2D eigenvalue weighted by molar-refractivity contribution is 1.01. The first-order chi connectivity index (χ1) is 8.20. The highest BCUT2D eigenvalue weighted by Crippen LogP contribution is 2.33. The van der Waals surface area contributed by atoms with Crippen molar-refractivity contribution >= 4 is 49.4 Å². The Morgan fingerprint density at radius 1 is 1.18 bits per heavy atom. The Bertz CT molecular complexity index is 519. The van der Waals surface area contributed by atoms with Crippen LogP contribution in [0.1, 0.15) is 0 Å². The molecule has 0 saturated heterocycles. The molecule has 2 heterocycles. The summed E-state index contributed by atoms with van der Waals surface area (Å²) in [6.07, 6.45) is 3.18. The van der Waals surface area contributed by atoms with Crippen molar-refractivity contribution in [3.63, 3.8) is 0 Å². The number of nitrogens with two attached hydrogens (primary N) is 1. The number of halogens is 2. The van der Waals surface area contributed by atoms with Crippen molar-refractivity contribution in [3.8, 4) is 0 Å². The predicted octanol–water partition coefficient (Wildman–Crippen LogP) is 2.83. The molecule has 17 heavy (non-hydrogen) atoms. The Kier molecular flexibility index (Phi) is 4.32. The van der Waals surface area contributed by atoms with Crippen LogP contribution in [0.2, 0.25) is 0 Å². The first kappa shape index (κ1) is 12.7. The van der Waals surface area contributed by atoms with E-state index in [0.717, 1.165) is 19.0 Å². The first-order valence-electron chi connectivity index (χ1n) is 4.47. The molecular weight excluding hydrogens is 370 g/mol. The van der Waals surface area contributed by atoms with Crippen LogP contribution in [-0.2, 0) is 0 Å². The predicted molar refractivity (Wildman–Crippen MR) is 73.6 cm³/mol. The van der Waals surface area contributed by atoms with Crippen LogP contribution in [0.4, 0.5) is 5.82 Å². The fourth-order valence-electron chi connectivity index (χ4n) is 1.05. The molecule has 88 valence electrons. The molecule has 5 nitrogen and oxygen atoms in total. The van der Waals surface area contributed by atoms with Crippen molar-refractivity contribution in [1.29, 1.82) is 0 Å². The minimum atomic E-state index is 0.541. The van der Waals surface area contributed by atoms with E-state index in [0.29, 0.717) is 5.82 Å². The number of rotatable bonds is 3. The molecule has 0 aliphatic carbocycles. The number of nitrogens with zero attached hydrogens (tertiary/aromatic N) is 3. The molecule has 0 spiro atoms. The van der Waals surface area contributed by atoms with Gasteiger partial charge in [-0.05, 0) is 55.8 Å². The van der Waals surface area contributed by atoms with Crippen LogP contribution in [0.3, 0.4) is 0 Å². The molecule has 2 rings (SSSR count). The molecule has 0 aliphatic heterocycles. The lowest BCUT2D eigenvalue weighted by atomic mass is 10.5. The molecule has 0 atom stereocenters. The van der Waals surface area contributed by atoms with E-state index >= 15 is 0 Å². The molecule has 0 unspecified atom stereocenters. The van der Waals surface area contributed by atoms with E-state index in [4.69, 9.17) is 5.84 Å². The summed E-state index contributed by atoms with van der Waals surface area (Å²) in [5.74, 6) is 5.87. The molecule has 0 radical (unpaired) electrons. The van der Waals surface area contributed by atoms with E-state index in [1.54, 1.807) is 6.20 Å². The molecule has 3 N–H and O–H groups in total. The van der Waals surface area contributed by atoms with E-state index in [-0.39, 0.29) is 0 Å². The number of pyridine rings is 1. The third-order valence-corrected chi connectivity index (χ3v) is 4.23. The van der Waals surface area contributed by atoms with Gasteiger partial charge in [0.05, 0.1) is 4.47 Å². The minimum absolute atomic E-state index is 0.541. The number of nitrogens with one attached hydrogen (secondary N) is 1. The van der Waals surface area contributed by atoms with E-state index in [9.17, 15) is 0 Å². The quantitative estimate of drug-likeness (QED) is 0.487. The molecule has 2 aromatic rings. The van der Waals surface area contributed by atoms with E-state index in [1.165, 1.54) is 18.1 Å². The number of hydrazine groups is 1. The van der Waals surface area contributed by atoms with Gasteiger partial charge in [-0.1, -0.05) is 0 Å². The van der Waals surface area contributed by atoms with Gasteiger partial charge >= 0.3 is 0 Å². The Labute approximate surface area is 119 Å². The van der Waals surface area contributed by atoms with Crippen molar-refractivity contribution in [2.24, 2.45) is 5.84 Å². The summed E-state index contributed by atoms with van der Waals surface area (Å²) in [6, 6.07) is 3.82. The highest BCUT2D eigenvalue weighted by atomic mass is 79.9. The highest BCUT2D eigenvalue weighted by Gasteiger charge is 2.09. The normalized spacial score (nSPS) is 10.3. The lowest BCUT2D eigenvalue weighted by Crippen LogP contribution is -2.09. The van der Waals surface area contributed by atoms with Crippen molar-refractivity contribution in [2.45, 2.75) is 10.1 Å². The Morgan fingerprint density at radius 2 is 2.00 bits per heavy atom. The van der Waals surface area contributed by atoms with E-state index in [2.05, 4.69) is 52.2 Å². The fraction of sp³-hybridized carbons (Fsp3) is 0. The van der Waals surface area contributed by atoms with Gasteiger partial charge in [-0.25, -0.2) is 20.8 Å². The topological polar surface area (TPSA) is 76.7 Å². The number of anilines is 1. The van der Waals surface area contributed by atoms with Crippen LogP contribution in [-0.4, -0.2) is 15.0 Å². The number of hydrogen-bond donors (Lipinski definition) is 2. The number of nitrogen functional groups attached to an aromatic ring is 1. The van der Waals surface area contributed by atoms with Crippen LogP contribution in [0.15, 0.2) is 43.7 Å². The summed E-state index contributed by atoms with van der Waals surface area (Å²) < 4.78 is 1.66. The molecule has 2 aromatic heterocycles. The molecule has 0 fully saturated rings. The maximum Gasteiger partial charge on any atom is 0.158 e. The molecule has 8 heteroatoms. The van der Waals surface area contributed by atoms with Gasteiger partial charge in [-0.15, -0.1) is 0 Å². The SMILES string of the molecule is NNc1ncnc(Sc2ccc(Br)cn2)c1Br. The van der Waals surface area contributed by atoms with Crippen LogP contribution >= 0.6 is 43.6 Å². The lowest BCUT2D eigenvalue weighted by Gasteiger charge is -2.06. The molecule has 0 aromatic carbocycles. The summed E-state index contributed by atoms with van der Waals surface area (Å²) in [5, 5.41) is 1.60. The van der Waals surface area contributed by atoms with Crippen LogP contribution in [0.25, 0.3) is 0 Å². The number of hydrogen-bond acceptors (Lipinski definition) is 6. The van der Waals surface area contributed by atoms with E-state index in [1.807, 2.05) is 12.1 Å². The van der Waals surface area contributed by atoms with Gasteiger partial charge in [0.2, 0.25) is 0 Å². The Balaban J connectivity index is 2.27. The third kappa shape index (κ3) is 3.15. The minimum Gasteiger partial charge on any atom is -0.307 e. The van der Waals surface area contributed by atoms with Gasteiger partial charge in [0.15, 0.2) is 5.82 Å². The largest absolute Gasteiger partial charge is 0.307 e. The van der Waals surface area contributed by atoms with Gasteiger partial charge in [0.1, 0.15) is 16.4 Å². The molecule has 0 amide bonds. The fourth-order valence-corrected chi connectivity index (χ4v) is 2.57. The van der Waals surface area contributed by atoms with Gasteiger partial charge in [0, 0.05) is 10.7 Å². The van der Waals surface area contributed by atoms with Gasteiger partial charge in [0.25, 0.3) is 0 Å². The summed E-state index contributed by atoms with van der Waals surface area (Å²) in [4.78, 5) is 12.4. The summed E-state index contributed by atoms with van der Waals surface area (Å²) in [7, 11) is 0. The molecule has 0 bridgehead atoms. The molecule has 0 aliphatic rings. The zero-order valence-corrected chi connectivity index (χ0v) is 12.4. The van der Waals surface area contributed by atoms with E-state index < -0.39 is 0 Å². The van der Waals surface area contributed by atoms with Crippen molar-refractivity contribution in [2.75, 3.05) is 5.43 Å². The standard InChI is InChI=1S/C9H7Br2N5S/c10-5-1-2-6(13-3-5)17-9-7(11)8(16-12)14-4-15-9/h1-4H,12H2,(H,14,15,16). The Morgan fingerprint density at radius 3 is 2.65 bits per heavy atom. The van der Waals surface area contributed by atoms with Crippen molar-refractivity contribution in [1.82, 2.24) is 15.0 Å². The Hall–Kier alpha value is -0.700. The molecular formula is C9H7Br2N5S. The second kappa shape index (κ2) is 5.76. The second-order valence-electron chi connectivity index (χ2n) is 2.90. The summed E-state index contributed by atoms with van der Waals surface area (Å²) in [5.41, 5.74) is 2.49. The smallest absolute Gasteiger partial charge is 0.158 e. The highest BCUT2D eigenvalue weighted by molar-refractivity contribution is 9.10. The van der Waals surface area contributed by atoms with Crippen LogP contribution in [0.5, 0.6) is 0 Å².